The molecule has 6 heteroatoms. The average Bonchev–Trinajstić information content (AvgIpc) is 2.99. The molecule has 0 amide bonds. The van der Waals surface area contributed by atoms with E-state index in [1.54, 1.807) is 25.3 Å². The minimum Gasteiger partial charge on any atom is -0.457 e. The number of rotatable bonds is 6. The topological polar surface area (TPSA) is 69.0 Å². The number of hydrogen-bond acceptors (Lipinski definition) is 5. The van der Waals surface area contributed by atoms with Crippen LogP contribution in [0.15, 0.2) is 54.7 Å². The van der Waals surface area contributed by atoms with Crippen LogP contribution in [0.2, 0.25) is 0 Å². The van der Waals surface area contributed by atoms with Crippen molar-refractivity contribution in [2.75, 3.05) is 5.32 Å². The molecule has 0 fully saturated rings. The van der Waals surface area contributed by atoms with E-state index in [9.17, 15) is 4.79 Å². The first-order valence-corrected chi connectivity index (χ1v) is 9.82. The molecule has 0 saturated heterocycles. The second-order valence-corrected chi connectivity index (χ2v) is 7.55. The molecular weight excluding hydrogens is 376 g/mol. The number of imidazole rings is 1. The van der Waals surface area contributed by atoms with E-state index in [2.05, 4.69) is 42.3 Å². The normalized spacial score (nSPS) is 10.9. The van der Waals surface area contributed by atoms with Gasteiger partial charge in [-0.15, -0.1) is 0 Å². The van der Waals surface area contributed by atoms with Gasteiger partial charge in [-0.25, -0.2) is 4.98 Å². The second kappa shape index (κ2) is 7.99. The van der Waals surface area contributed by atoms with Crippen LogP contribution < -0.4 is 10.1 Å². The van der Waals surface area contributed by atoms with Gasteiger partial charge in [-0.3, -0.25) is 9.78 Å². The summed E-state index contributed by atoms with van der Waals surface area (Å²) in [6.45, 7) is 5.70. The fourth-order valence-corrected chi connectivity index (χ4v) is 3.35. The Morgan fingerprint density at radius 3 is 2.67 bits per heavy atom. The summed E-state index contributed by atoms with van der Waals surface area (Å²) in [4.78, 5) is 20.3. The maximum Gasteiger partial charge on any atom is 0.208 e. The average molecular weight is 400 g/mol. The van der Waals surface area contributed by atoms with Gasteiger partial charge in [-0.2, -0.15) is 0 Å². The summed E-state index contributed by atoms with van der Waals surface area (Å²) in [5, 5.41) is 3.44. The lowest BCUT2D eigenvalue weighted by molar-refractivity contribution is -0.116. The van der Waals surface area contributed by atoms with Crippen molar-refractivity contribution in [3.8, 4) is 11.5 Å². The van der Waals surface area contributed by atoms with Crippen molar-refractivity contribution in [2.24, 2.45) is 7.05 Å². The number of hydrogen-bond donors (Lipinski definition) is 1. The number of ether oxygens (including phenoxy) is 1. The number of Topliss-reactive ketones (excluding diaryl/α,β-unsaturated/α-hetero) is 1. The summed E-state index contributed by atoms with van der Waals surface area (Å²) in [6, 6.07) is 15.7. The lowest BCUT2D eigenvalue weighted by Gasteiger charge is -2.10. The Hall–Kier alpha value is -3.67. The first-order valence-electron chi connectivity index (χ1n) is 9.82. The molecule has 4 rings (SSSR count). The van der Waals surface area contributed by atoms with E-state index >= 15 is 0 Å². The number of ketones is 1. The van der Waals surface area contributed by atoms with Gasteiger partial charge < -0.3 is 14.6 Å². The van der Waals surface area contributed by atoms with Gasteiger partial charge in [0, 0.05) is 37.5 Å². The molecule has 2 heterocycles. The number of nitrogens with zero attached hydrogens (tertiary/aromatic N) is 3. The maximum absolute atomic E-state index is 11.3. The quantitative estimate of drug-likeness (QED) is 0.479. The monoisotopic (exact) mass is 400 g/mol. The zero-order valence-electron chi connectivity index (χ0n) is 17.6. The first-order chi connectivity index (χ1) is 14.4. The van der Waals surface area contributed by atoms with Crippen molar-refractivity contribution in [1.29, 1.82) is 0 Å². The molecule has 0 aliphatic carbocycles. The van der Waals surface area contributed by atoms with Crippen molar-refractivity contribution in [1.82, 2.24) is 14.5 Å². The van der Waals surface area contributed by atoms with Crippen molar-refractivity contribution in [3.63, 3.8) is 0 Å². The summed E-state index contributed by atoms with van der Waals surface area (Å²) in [5.74, 6) is 2.16. The molecule has 0 radical (unpaired) electrons. The summed E-state index contributed by atoms with van der Waals surface area (Å²) in [5.41, 5.74) is 5.93. The van der Waals surface area contributed by atoms with Crippen LogP contribution in [0.1, 0.15) is 23.7 Å². The molecule has 2 aromatic carbocycles. The number of nitrogens with one attached hydrogen (secondary N) is 1. The number of fused-ring (bicyclic) bond motifs is 1. The predicted molar refractivity (Wildman–Crippen MR) is 119 cm³/mol. The number of aromatic nitrogens is 3. The Morgan fingerprint density at radius 1 is 1.07 bits per heavy atom. The lowest BCUT2D eigenvalue weighted by atomic mass is 10.1. The van der Waals surface area contributed by atoms with Crippen molar-refractivity contribution in [2.45, 2.75) is 27.2 Å². The van der Waals surface area contributed by atoms with Gasteiger partial charge in [0.25, 0.3) is 0 Å². The number of aryl methyl sites for hydroxylation is 3. The summed E-state index contributed by atoms with van der Waals surface area (Å²) in [7, 11) is 1.99. The van der Waals surface area contributed by atoms with E-state index in [0.717, 1.165) is 28.2 Å². The van der Waals surface area contributed by atoms with E-state index in [-0.39, 0.29) is 5.78 Å². The van der Waals surface area contributed by atoms with Crippen LogP contribution in [-0.2, 0) is 18.3 Å². The molecule has 0 aliphatic rings. The molecule has 0 aliphatic heterocycles. The van der Waals surface area contributed by atoms with E-state index in [0.29, 0.717) is 23.6 Å². The number of anilines is 2. The van der Waals surface area contributed by atoms with Crippen LogP contribution in [0.5, 0.6) is 11.5 Å². The maximum atomic E-state index is 11.3. The molecule has 6 nitrogen and oxygen atoms in total. The van der Waals surface area contributed by atoms with Crippen LogP contribution in [0.4, 0.5) is 11.6 Å². The van der Waals surface area contributed by atoms with Gasteiger partial charge in [-0.05, 0) is 56.2 Å². The SMILES string of the molecule is CC(=O)Cc1cc(Oc2ccc3c(c2)nc(Nc2cc(C)ccc2C)n3C)ccn1. The molecule has 0 unspecified atom stereocenters. The molecule has 4 aromatic rings. The van der Waals surface area contributed by atoms with Crippen LogP contribution in [-0.4, -0.2) is 20.3 Å². The third kappa shape index (κ3) is 4.17. The van der Waals surface area contributed by atoms with Crippen LogP contribution in [0.3, 0.4) is 0 Å². The minimum atomic E-state index is 0.0680. The molecule has 0 spiro atoms. The number of carbonyl (C=O) groups excluding carboxylic acids is 1. The Kier molecular flexibility index (Phi) is 5.23. The predicted octanol–water partition coefficient (Wildman–Crippen LogP) is 5.25. The van der Waals surface area contributed by atoms with Crippen molar-refractivity contribution in [3.05, 3.63) is 71.5 Å². The Morgan fingerprint density at radius 2 is 1.87 bits per heavy atom. The van der Waals surface area contributed by atoms with Gasteiger partial charge in [0.1, 0.15) is 17.3 Å². The molecular formula is C24H24N4O2. The molecule has 30 heavy (non-hydrogen) atoms. The fraction of sp³-hybridized carbons (Fsp3) is 0.208. The first kappa shape index (κ1) is 19.6. The smallest absolute Gasteiger partial charge is 0.208 e. The van der Waals surface area contributed by atoms with E-state index < -0.39 is 0 Å². The number of pyridine rings is 1. The largest absolute Gasteiger partial charge is 0.457 e. The van der Waals surface area contributed by atoms with Gasteiger partial charge in [0.15, 0.2) is 0 Å². The van der Waals surface area contributed by atoms with Crippen LogP contribution >= 0.6 is 0 Å². The molecule has 152 valence electrons. The van der Waals surface area contributed by atoms with Crippen LogP contribution in [0.25, 0.3) is 11.0 Å². The summed E-state index contributed by atoms with van der Waals surface area (Å²) < 4.78 is 8.02. The number of benzene rings is 2. The van der Waals surface area contributed by atoms with Crippen molar-refractivity contribution >= 4 is 28.5 Å². The van der Waals surface area contributed by atoms with Gasteiger partial charge in [-0.1, -0.05) is 12.1 Å². The molecule has 0 saturated carbocycles. The van der Waals surface area contributed by atoms with Gasteiger partial charge in [0.05, 0.1) is 16.7 Å². The van der Waals surface area contributed by atoms with Crippen LogP contribution in [0, 0.1) is 13.8 Å². The highest BCUT2D eigenvalue weighted by Gasteiger charge is 2.11. The minimum absolute atomic E-state index is 0.0680. The Labute approximate surface area is 175 Å². The second-order valence-electron chi connectivity index (χ2n) is 7.55. The highest BCUT2D eigenvalue weighted by Crippen LogP contribution is 2.29. The summed E-state index contributed by atoms with van der Waals surface area (Å²) >= 11 is 0. The zero-order valence-corrected chi connectivity index (χ0v) is 17.6. The van der Waals surface area contributed by atoms with Gasteiger partial charge in [0.2, 0.25) is 5.95 Å². The molecule has 0 bridgehead atoms. The Bertz CT molecular complexity index is 1240. The Balaban J connectivity index is 1.60. The highest BCUT2D eigenvalue weighted by molar-refractivity contribution is 5.81. The lowest BCUT2D eigenvalue weighted by Crippen LogP contribution is -2.00. The molecule has 0 atom stereocenters. The number of carbonyl (C=O) groups is 1. The van der Waals surface area contributed by atoms with Crippen molar-refractivity contribution < 1.29 is 9.53 Å². The third-order valence-corrected chi connectivity index (χ3v) is 4.95. The summed E-state index contributed by atoms with van der Waals surface area (Å²) in [6.07, 6.45) is 1.95. The highest BCUT2D eigenvalue weighted by atomic mass is 16.5. The van der Waals surface area contributed by atoms with E-state index in [4.69, 9.17) is 9.72 Å². The zero-order chi connectivity index (χ0) is 21.3. The van der Waals surface area contributed by atoms with E-state index in [1.165, 1.54) is 5.56 Å². The molecule has 1 N–H and O–H groups in total. The van der Waals surface area contributed by atoms with Gasteiger partial charge >= 0.3 is 0 Å². The third-order valence-electron chi connectivity index (χ3n) is 4.95. The molecule has 2 aromatic heterocycles. The fourth-order valence-electron chi connectivity index (χ4n) is 3.35. The van der Waals surface area contributed by atoms with E-state index in [1.807, 2.05) is 29.8 Å². The standard InChI is InChI=1S/C24H24N4O2/c1-15-5-6-16(2)21(11-15)26-24-27-22-14-19(7-8-23(22)28(24)4)30-20-9-10-25-18(13-20)12-17(3)29/h5-11,13-14H,12H2,1-4H3,(H,26,27).